The Labute approximate surface area is 133 Å². The van der Waals surface area contributed by atoms with E-state index in [0.717, 1.165) is 10.4 Å². The number of carbonyl (C=O) groups is 3. The predicted octanol–water partition coefficient (Wildman–Crippen LogP) is 1.74. The fraction of sp³-hybridized carbons (Fsp3) is 0.533. The van der Waals surface area contributed by atoms with Crippen molar-refractivity contribution in [3.05, 3.63) is 16.0 Å². The van der Waals surface area contributed by atoms with Crippen molar-refractivity contribution in [1.82, 2.24) is 4.90 Å². The molecule has 0 spiro atoms. The average Bonchev–Trinajstić information content (AvgIpc) is 2.74. The Morgan fingerprint density at radius 1 is 1.27 bits per heavy atom. The first-order valence-electron chi connectivity index (χ1n) is 7.12. The molecular weight excluding hydrogens is 302 g/mol. The van der Waals surface area contributed by atoms with Crippen LogP contribution in [0.15, 0.2) is 0 Å². The van der Waals surface area contributed by atoms with Crippen molar-refractivity contribution < 1.29 is 14.4 Å². The van der Waals surface area contributed by atoms with E-state index in [9.17, 15) is 14.4 Å². The molecule has 1 aromatic heterocycles. The van der Waals surface area contributed by atoms with Gasteiger partial charge in [-0.05, 0) is 12.0 Å². The number of anilines is 1. The van der Waals surface area contributed by atoms with Crippen LogP contribution in [0.4, 0.5) is 5.00 Å². The van der Waals surface area contributed by atoms with E-state index in [1.54, 1.807) is 25.7 Å². The molecule has 7 heteroatoms. The van der Waals surface area contributed by atoms with Gasteiger partial charge in [-0.2, -0.15) is 0 Å². The number of nitrogens with zero attached hydrogens (tertiary/aromatic N) is 1. The fourth-order valence-corrected chi connectivity index (χ4v) is 3.58. The largest absolute Gasteiger partial charge is 0.365 e. The molecule has 3 amide bonds. The third kappa shape index (κ3) is 3.14. The SMILES string of the molecule is CC(=O)N1CCc2c(sc(NC(=O)C(C)(C)C)c2C(N)=O)C1. The summed E-state index contributed by atoms with van der Waals surface area (Å²) in [5.74, 6) is -0.713. The van der Waals surface area contributed by atoms with Crippen molar-refractivity contribution in [2.45, 2.75) is 40.7 Å². The van der Waals surface area contributed by atoms with Crippen LogP contribution in [-0.4, -0.2) is 29.2 Å². The van der Waals surface area contributed by atoms with Crippen molar-refractivity contribution in [1.29, 1.82) is 0 Å². The maximum absolute atomic E-state index is 12.2. The Morgan fingerprint density at radius 3 is 2.41 bits per heavy atom. The minimum atomic E-state index is -0.565. The van der Waals surface area contributed by atoms with Crippen LogP contribution in [0.3, 0.4) is 0 Å². The Kier molecular flexibility index (Phi) is 4.28. The second kappa shape index (κ2) is 5.72. The van der Waals surface area contributed by atoms with Gasteiger partial charge in [0.2, 0.25) is 11.8 Å². The predicted molar refractivity (Wildman–Crippen MR) is 85.7 cm³/mol. The van der Waals surface area contributed by atoms with Crippen molar-refractivity contribution in [2.75, 3.05) is 11.9 Å². The number of nitrogens with two attached hydrogens (primary N) is 1. The third-order valence-corrected chi connectivity index (χ3v) is 4.79. The summed E-state index contributed by atoms with van der Waals surface area (Å²) in [4.78, 5) is 38.1. The highest BCUT2D eigenvalue weighted by Crippen LogP contribution is 2.37. The third-order valence-electron chi connectivity index (χ3n) is 3.66. The summed E-state index contributed by atoms with van der Waals surface area (Å²) in [7, 11) is 0. The molecule has 0 atom stereocenters. The van der Waals surface area contributed by atoms with Crippen LogP contribution >= 0.6 is 11.3 Å². The number of rotatable bonds is 2. The van der Waals surface area contributed by atoms with Gasteiger partial charge < -0.3 is 16.0 Å². The molecule has 22 heavy (non-hydrogen) atoms. The zero-order valence-electron chi connectivity index (χ0n) is 13.3. The van der Waals surface area contributed by atoms with Gasteiger partial charge in [0.05, 0.1) is 12.1 Å². The highest BCUT2D eigenvalue weighted by Gasteiger charge is 2.30. The van der Waals surface area contributed by atoms with E-state index >= 15 is 0 Å². The Bertz CT molecular complexity index is 643. The number of thiophene rings is 1. The topological polar surface area (TPSA) is 92.5 Å². The van der Waals surface area contributed by atoms with Crippen LogP contribution in [0, 0.1) is 5.41 Å². The van der Waals surface area contributed by atoms with Crippen LogP contribution in [0.2, 0.25) is 0 Å². The van der Waals surface area contributed by atoms with Gasteiger partial charge in [0.1, 0.15) is 5.00 Å². The molecule has 0 aliphatic carbocycles. The van der Waals surface area contributed by atoms with Crippen LogP contribution in [0.5, 0.6) is 0 Å². The number of primary amides is 1. The molecule has 120 valence electrons. The van der Waals surface area contributed by atoms with Crippen molar-refractivity contribution >= 4 is 34.1 Å². The molecule has 2 rings (SSSR count). The van der Waals surface area contributed by atoms with E-state index in [1.807, 2.05) is 0 Å². The number of amides is 3. The van der Waals surface area contributed by atoms with Gasteiger partial charge in [-0.1, -0.05) is 20.8 Å². The Hall–Kier alpha value is -1.89. The number of fused-ring (bicyclic) bond motifs is 1. The summed E-state index contributed by atoms with van der Waals surface area (Å²) in [6, 6.07) is 0. The highest BCUT2D eigenvalue weighted by atomic mass is 32.1. The van der Waals surface area contributed by atoms with Gasteiger partial charge in [0, 0.05) is 23.8 Å². The van der Waals surface area contributed by atoms with Crippen molar-refractivity contribution in [3.63, 3.8) is 0 Å². The first kappa shape index (κ1) is 16.5. The molecule has 1 aromatic rings. The molecule has 0 bridgehead atoms. The summed E-state index contributed by atoms with van der Waals surface area (Å²) in [5.41, 5.74) is 6.18. The van der Waals surface area contributed by atoms with Gasteiger partial charge in [-0.25, -0.2) is 0 Å². The molecule has 0 aromatic carbocycles. The van der Waals surface area contributed by atoms with E-state index in [0.29, 0.717) is 30.1 Å². The van der Waals surface area contributed by atoms with E-state index in [4.69, 9.17) is 5.73 Å². The van der Waals surface area contributed by atoms with Gasteiger partial charge in [0.15, 0.2) is 0 Å². The lowest BCUT2D eigenvalue weighted by atomic mass is 9.95. The normalized spacial score (nSPS) is 14.5. The maximum atomic E-state index is 12.2. The van der Waals surface area contributed by atoms with Gasteiger partial charge in [-0.3, -0.25) is 14.4 Å². The number of nitrogens with one attached hydrogen (secondary N) is 1. The summed E-state index contributed by atoms with van der Waals surface area (Å²) >= 11 is 1.33. The fourth-order valence-electron chi connectivity index (χ4n) is 2.31. The molecule has 1 aliphatic heterocycles. The lowest BCUT2D eigenvalue weighted by Crippen LogP contribution is -2.34. The van der Waals surface area contributed by atoms with Crippen LogP contribution < -0.4 is 11.1 Å². The minimum absolute atomic E-state index is 0.0000444. The van der Waals surface area contributed by atoms with Gasteiger partial charge in [0.25, 0.3) is 5.91 Å². The zero-order valence-corrected chi connectivity index (χ0v) is 14.1. The molecule has 0 fully saturated rings. The van der Waals surface area contributed by atoms with Crippen LogP contribution in [0.25, 0.3) is 0 Å². The summed E-state index contributed by atoms with van der Waals surface area (Å²) in [5, 5.41) is 3.30. The molecule has 1 aliphatic rings. The summed E-state index contributed by atoms with van der Waals surface area (Å²) < 4.78 is 0. The smallest absolute Gasteiger partial charge is 0.251 e. The van der Waals surface area contributed by atoms with Crippen molar-refractivity contribution in [3.8, 4) is 0 Å². The quantitative estimate of drug-likeness (QED) is 0.868. The number of hydrogen-bond acceptors (Lipinski definition) is 4. The molecule has 0 unspecified atom stereocenters. The lowest BCUT2D eigenvalue weighted by Gasteiger charge is -2.25. The Morgan fingerprint density at radius 2 is 1.91 bits per heavy atom. The van der Waals surface area contributed by atoms with Crippen LogP contribution in [0.1, 0.15) is 48.5 Å². The number of carbonyl (C=O) groups excluding carboxylic acids is 3. The second-order valence-electron chi connectivity index (χ2n) is 6.47. The average molecular weight is 323 g/mol. The number of hydrogen-bond donors (Lipinski definition) is 2. The Balaban J connectivity index is 2.38. The molecular formula is C15H21N3O3S. The van der Waals surface area contributed by atoms with E-state index in [2.05, 4.69) is 5.32 Å². The first-order chi connectivity index (χ1) is 10.1. The molecule has 6 nitrogen and oxygen atoms in total. The summed E-state index contributed by atoms with van der Waals surface area (Å²) in [6.45, 7) is 7.95. The first-order valence-corrected chi connectivity index (χ1v) is 7.94. The standard InChI is InChI=1S/C15H21N3O3S/c1-8(19)18-6-5-9-10(7-18)22-13(11(9)12(16)20)17-14(21)15(2,3)4/h5-7H2,1-4H3,(H2,16,20)(H,17,21). The molecule has 3 N–H and O–H groups in total. The lowest BCUT2D eigenvalue weighted by molar-refractivity contribution is -0.129. The van der Waals surface area contributed by atoms with E-state index in [-0.39, 0.29) is 11.8 Å². The molecule has 0 saturated heterocycles. The molecule has 0 saturated carbocycles. The second-order valence-corrected chi connectivity index (χ2v) is 7.57. The minimum Gasteiger partial charge on any atom is -0.365 e. The molecule has 2 heterocycles. The van der Waals surface area contributed by atoms with Crippen molar-refractivity contribution in [2.24, 2.45) is 11.1 Å². The monoisotopic (exact) mass is 323 g/mol. The highest BCUT2D eigenvalue weighted by molar-refractivity contribution is 7.17. The van der Waals surface area contributed by atoms with E-state index < -0.39 is 11.3 Å². The van der Waals surface area contributed by atoms with E-state index in [1.165, 1.54) is 18.3 Å². The summed E-state index contributed by atoms with van der Waals surface area (Å²) in [6.07, 6.45) is 0.578. The van der Waals surface area contributed by atoms with Gasteiger partial charge in [-0.15, -0.1) is 11.3 Å². The van der Waals surface area contributed by atoms with Crippen LogP contribution in [-0.2, 0) is 22.6 Å². The maximum Gasteiger partial charge on any atom is 0.251 e. The molecule has 0 radical (unpaired) electrons. The zero-order chi connectivity index (χ0) is 16.7. The van der Waals surface area contributed by atoms with Gasteiger partial charge >= 0.3 is 0 Å².